The lowest BCUT2D eigenvalue weighted by atomic mass is 9.65. The van der Waals surface area contributed by atoms with Crippen molar-refractivity contribution in [2.45, 2.75) is 58.7 Å². The largest absolute Gasteiger partial charge is 0.381 e. The minimum Gasteiger partial charge on any atom is -0.381 e. The van der Waals surface area contributed by atoms with E-state index in [4.69, 9.17) is 17.3 Å². The van der Waals surface area contributed by atoms with Gasteiger partial charge in [0.15, 0.2) is 0 Å². The summed E-state index contributed by atoms with van der Waals surface area (Å²) in [5, 5.41) is 0. The molecule has 2 rings (SSSR count). The van der Waals surface area contributed by atoms with E-state index in [1.165, 1.54) is 0 Å². The van der Waals surface area contributed by atoms with Gasteiger partial charge >= 0.3 is 0 Å². The van der Waals surface area contributed by atoms with Crippen LogP contribution >= 0.6 is 0 Å². The fourth-order valence-electron chi connectivity index (χ4n) is 3.48. The molecule has 0 spiro atoms. The second kappa shape index (κ2) is 4.34. The third-order valence-corrected chi connectivity index (χ3v) is 4.34. The van der Waals surface area contributed by atoms with Crippen molar-refractivity contribution in [2.75, 3.05) is 6.61 Å². The highest BCUT2D eigenvalue weighted by Crippen LogP contribution is 2.53. The van der Waals surface area contributed by atoms with Crippen LogP contribution in [0.5, 0.6) is 0 Å². The molecule has 3 heteroatoms. The van der Waals surface area contributed by atoms with E-state index in [1.54, 1.807) is 0 Å². The number of rotatable bonds is 3. The zero-order valence-corrected chi connectivity index (χ0v) is 10.9. The summed E-state index contributed by atoms with van der Waals surface area (Å²) in [6.45, 7) is 9.87. The number of hydrogen-bond donors (Lipinski definition) is 0. The van der Waals surface area contributed by atoms with Crippen LogP contribution in [0.2, 0.25) is 0 Å². The molecule has 0 N–H and O–H groups in total. The lowest BCUT2D eigenvalue weighted by molar-refractivity contribution is 0.000602. The fourth-order valence-corrected chi connectivity index (χ4v) is 3.48. The van der Waals surface area contributed by atoms with Gasteiger partial charge in [0.05, 0.1) is 12.2 Å². The first-order chi connectivity index (χ1) is 7.48. The molecule has 90 valence electrons. The van der Waals surface area contributed by atoms with Crippen molar-refractivity contribution in [2.24, 2.45) is 17.3 Å². The average molecular weight is 222 g/mol. The van der Waals surface area contributed by atoms with E-state index in [0.717, 1.165) is 19.4 Å². The van der Waals surface area contributed by atoms with Gasteiger partial charge in [-0.05, 0) is 24.7 Å². The van der Waals surface area contributed by atoms with Crippen molar-refractivity contribution in [3.05, 3.63) is 0 Å². The Morgan fingerprint density at radius 1 is 1.31 bits per heavy atom. The second-order valence-electron chi connectivity index (χ2n) is 6.03. The molecule has 1 unspecified atom stereocenters. The zero-order valence-electron chi connectivity index (χ0n) is 10.9. The Balaban J connectivity index is 2.24. The van der Waals surface area contributed by atoms with Gasteiger partial charge in [0.2, 0.25) is 0 Å². The van der Waals surface area contributed by atoms with Gasteiger partial charge in [0.1, 0.15) is 7.85 Å². The molecule has 0 amide bonds. The van der Waals surface area contributed by atoms with Crippen LogP contribution < -0.4 is 0 Å². The van der Waals surface area contributed by atoms with E-state index < -0.39 is 0 Å². The summed E-state index contributed by atoms with van der Waals surface area (Å²) >= 11 is 0. The molecule has 0 aromatic heterocycles. The van der Waals surface area contributed by atoms with Crippen molar-refractivity contribution >= 4 is 7.85 Å². The molecule has 2 fully saturated rings. The summed E-state index contributed by atoms with van der Waals surface area (Å²) in [6, 6.07) is -0.228. The Hall–Kier alpha value is -0.0151. The van der Waals surface area contributed by atoms with Gasteiger partial charge in [0.25, 0.3) is 0 Å². The highest BCUT2D eigenvalue weighted by Gasteiger charge is 2.59. The second-order valence-corrected chi connectivity index (χ2v) is 6.03. The minimum atomic E-state index is -0.228. The normalized spacial score (nSPS) is 43.2. The van der Waals surface area contributed by atoms with E-state index >= 15 is 0 Å². The molecule has 0 saturated carbocycles. The molecule has 0 bridgehead atoms. The first-order valence-electron chi connectivity index (χ1n) is 6.51. The zero-order chi connectivity index (χ0) is 11.9. The van der Waals surface area contributed by atoms with Gasteiger partial charge in [-0.1, -0.05) is 27.7 Å². The first-order valence-corrected chi connectivity index (χ1v) is 6.51. The predicted octanol–water partition coefficient (Wildman–Crippen LogP) is 2.36. The molecule has 2 heterocycles. The smallest absolute Gasteiger partial charge is 0.112 e. The summed E-state index contributed by atoms with van der Waals surface area (Å²) < 4.78 is 11.8. The van der Waals surface area contributed by atoms with Crippen LogP contribution in [-0.4, -0.2) is 32.7 Å². The van der Waals surface area contributed by atoms with Crippen molar-refractivity contribution in [3.63, 3.8) is 0 Å². The monoisotopic (exact) mass is 222 g/mol. The fraction of sp³-hybridized carbons (Fsp3) is 1.00. The van der Waals surface area contributed by atoms with Crippen LogP contribution in [-0.2, 0) is 9.47 Å². The van der Waals surface area contributed by atoms with Gasteiger partial charge in [-0.15, -0.1) is 0 Å². The number of hydrogen-bond acceptors (Lipinski definition) is 2. The summed E-state index contributed by atoms with van der Waals surface area (Å²) in [7, 11) is 6.06. The standard InChI is InChI=1S/C13H23BO2/c1-8(2)7-10-13(9(3)4)5-6-15-11(13)12(14)16-10/h8-12H,5-7H2,1-4H3/t10-,11+,12-,13?/m1/s1. The van der Waals surface area contributed by atoms with Crippen LogP contribution in [0.15, 0.2) is 0 Å². The SMILES string of the molecule is [B][C@@H]1O[C@H](CC(C)C)C2(C(C)C)CCO[C@@H]12. The van der Waals surface area contributed by atoms with Gasteiger partial charge in [0, 0.05) is 18.0 Å². The van der Waals surface area contributed by atoms with Crippen LogP contribution in [0.25, 0.3) is 0 Å². The van der Waals surface area contributed by atoms with Crippen LogP contribution in [0.3, 0.4) is 0 Å². The Morgan fingerprint density at radius 3 is 2.56 bits per heavy atom. The molecule has 0 aliphatic carbocycles. The van der Waals surface area contributed by atoms with Gasteiger partial charge < -0.3 is 9.47 Å². The number of fused-ring (bicyclic) bond motifs is 1. The maximum absolute atomic E-state index is 6.06. The van der Waals surface area contributed by atoms with Crippen molar-refractivity contribution < 1.29 is 9.47 Å². The Labute approximate surface area is 100 Å². The molecule has 4 atom stereocenters. The van der Waals surface area contributed by atoms with E-state index in [1.807, 2.05) is 0 Å². The quantitative estimate of drug-likeness (QED) is 0.682. The average Bonchev–Trinajstić information content (AvgIpc) is 2.68. The van der Waals surface area contributed by atoms with E-state index in [-0.39, 0.29) is 23.6 Å². The van der Waals surface area contributed by atoms with Crippen LogP contribution in [0, 0.1) is 17.3 Å². The summed E-state index contributed by atoms with van der Waals surface area (Å²) in [4.78, 5) is 0. The molecule has 0 aromatic carbocycles. The molecule has 2 aliphatic rings. The van der Waals surface area contributed by atoms with E-state index in [2.05, 4.69) is 27.7 Å². The Bertz CT molecular complexity index is 252. The highest BCUT2D eigenvalue weighted by molar-refractivity contribution is 6.11. The lowest BCUT2D eigenvalue weighted by Crippen LogP contribution is -2.42. The molecule has 16 heavy (non-hydrogen) atoms. The third-order valence-electron chi connectivity index (χ3n) is 4.34. The molecular formula is C13H23BO2. The Kier molecular flexibility index (Phi) is 3.38. The molecular weight excluding hydrogens is 199 g/mol. The minimum absolute atomic E-state index is 0.108. The summed E-state index contributed by atoms with van der Waals surface area (Å²) in [5.74, 6) is 1.21. The molecule has 2 aliphatic heterocycles. The maximum Gasteiger partial charge on any atom is 0.112 e. The van der Waals surface area contributed by atoms with Gasteiger partial charge in [-0.25, -0.2) is 0 Å². The molecule has 0 aromatic rings. The highest BCUT2D eigenvalue weighted by atomic mass is 16.6. The topological polar surface area (TPSA) is 18.5 Å². The van der Waals surface area contributed by atoms with Crippen LogP contribution in [0.4, 0.5) is 0 Å². The summed E-state index contributed by atoms with van der Waals surface area (Å²) in [6.07, 6.45) is 2.57. The van der Waals surface area contributed by atoms with Crippen molar-refractivity contribution in [1.29, 1.82) is 0 Å². The molecule has 2 radical (unpaired) electrons. The first kappa shape index (κ1) is 12.4. The van der Waals surface area contributed by atoms with Gasteiger partial charge in [-0.2, -0.15) is 0 Å². The Morgan fingerprint density at radius 2 is 2.00 bits per heavy atom. The number of ether oxygens (including phenoxy) is 2. The van der Waals surface area contributed by atoms with Crippen molar-refractivity contribution in [3.8, 4) is 0 Å². The summed E-state index contributed by atoms with van der Waals surface area (Å²) in [5.41, 5.74) is 0.156. The van der Waals surface area contributed by atoms with E-state index in [0.29, 0.717) is 11.8 Å². The van der Waals surface area contributed by atoms with Crippen LogP contribution in [0.1, 0.15) is 40.5 Å². The predicted molar refractivity (Wildman–Crippen MR) is 65.5 cm³/mol. The molecule has 2 saturated heterocycles. The third kappa shape index (κ3) is 1.72. The van der Waals surface area contributed by atoms with Crippen molar-refractivity contribution in [1.82, 2.24) is 0 Å². The van der Waals surface area contributed by atoms with E-state index in [9.17, 15) is 0 Å². The lowest BCUT2D eigenvalue weighted by Gasteiger charge is -2.37. The maximum atomic E-state index is 6.06. The molecule has 2 nitrogen and oxygen atoms in total. The van der Waals surface area contributed by atoms with Gasteiger partial charge in [-0.3, -0.25) is 0 Å².